The Kier molecular flexibility index (Phi) is 6.67. The molecule has 1 unspecified atom stereocenters. The topological polar surface area (TPSA) is 69.4 Å². The number of rotatable bonds is 8. The average molecular weight is 397 g/mol. The van der Waals surface area contributed by atoms with Crippen molar-refractivity contribution in [1.82, 2.24) is 4.98 Å². The molecule has 1 amide bonds. The fourth-order valence-electron chi connectivity index (χ4n) is 3.96. The smallest absolute Gasteiger partial charge is 0.281 e. The zero-order valence-electron chi connectivity index (χ0n) is 17.6. The number of benzene rings is 2. The zero-order valence-corrected chi connectivity index (χ0v) is 17.6. The second kappa shape index (κ2) is 9.20. The largest absolute Gasteiger partial charge is 0.384 e. The number of nitrogens with one attached hydrogen (secondary N) is 1. The van der Waals surface area contributed by atoms with Gasteiger partial charge < -0.3 is 14.7 Å². The molecule has 154 valence electrons. The van der Waals surface area contributed by atoms with E-state index >= 15 is 0 Å². The van der Waals surface area contributed by atoms with Crippen molar-refractivity contribution in [2.75, 3.05) is 18.6 Å². The molecule has 1 aromatic heterocycles. The predicted octanol–water partition coefficient (Wildman–Crippen LogP) is 2.89. The van der Waals surface area contributed by atoms with Gasteiger partial charge in [-0.15, -0.1) is 0 Å². The third-order valence-electron chi connectivity index (χ3n) is 5.30. The zero-order chi connectivity index (χ0) is 21.0. The van der Waals surface area contributed by atoms with E-state index in [0.29, 0.717) is 12.4 Å². The number of amides is 1. The van der Waals surface area contributed by atoms with Crippen molar-refractivity contribution >= 4 is 22.6 Å². The Balaban J connectivity index is 2.06. The number of imidazole rings is 1. The molecule has 6 heteroatoms. The van der Waals surface area contributed by atoms with E-state index in [-0.39, 0.29) is 25.1 Å². The highest BCUT2D eigenvalue weighted by Crippen LogP contribution is 2.28. The minimum Gasteiger partial charge on any atom is -0.384 e. The van der Waals surface area contributed by atoms with Gasteiger partial charge in [-0.25, -0.2) is 9.55 Å². The summed E-state index contributed by atoms with van der Waals surface area (Å²) < 4.78 is 7.23. The SMILES string of the molecule is CCc1cccc(C)c1N(C(=O)C[n+]1c(CO)[nH]c2ccccc21)C(C)COC. The molecular weight excluding hydrogens is 366 g/mol. The van der Waals surface area contributed by atoms with E-state index in [9.17, 15) is 9.90 Å². The average Bonchev–Trinajstić information content (AvgIpc) is 3.07. The van der Waals surface area contributed by atoms with Crippen LogP contribution in [0.25, 0.3) is 11.0 Å². The predicted molar refractivity (Wildman–Crippen MR) is 114 cm³/mol. The van der Waals surface area contributed by atoms with Crippen LogP contribution >= 0.6 is 0 Å². The minimum atomic E-state index is -0.167. The summed E-state index contributed by atoms with van der Waals surface area (Å²) in [6, 6.07) is 13.8. The number of carbonyl (C=O) groups excluding carboxylic acids is 1. The third kappa shape index (κ3) is 4.18. The van der Waals surface area contributed by atoms with Crippen LogP contribution in [0.3, 0.4) is 0 Å². The number of carbonyl (C=O) groups is 1. The minimum absolute atomic E-state index is 0.0389. The summed E-state index contributed by atoms with van der Waals surface area (Å²) in [4.78, 5) is 18.7. The van der Waals surface area contributed by atoms with Gasteiger partial charge in [-0.3, -0.25) is 4.79 Å². The van der Waals surface area contributed by atoms with Gasteiger partial charge in [-0.05, 0) is 43.5 Å². The molecule has 2 aromatic carbocycles. The number of para-hydroxylation sites is 3. The number of anilines is 1. The number of aliphatic hydroxyl groups excluding tert-OH is 1. The number of ether oxygens (including phenoxy) is 1. The van der Waals surface area contributed by atoms with E-state index in [1.165, 1.54) is 0 Å². The lowest BCUT2D eigenvalue weighted by Crippen LogP contribution is -2.50. The van der Waals surface area contributed by atoms with E-state index in [2.05, 4.69) is 18.0 Å². The van der Waals surface area contributed by atoms with Crippen molar-refractivity contribution in [3.8, 4) is 0 Å². The molecule has 0 bridgehead atoms. The van der Waals surface area contributed by atoms with E-state index in [0.717, 1.165) is 34.3 Å². The fraction of sp³-hybridized carbons (Fsp3) is 0.391. The van der Waals surface area contributed by atoms with Crippen LogP contribution in [0.4, 0.5) is 5.69 Å². The first-order valence-corrected chi connectivity index (χ1v) is 10.0. The Hall–Kier alpha value is -2.70. The number of aromatic amines is 1. The Morgan fingerprint density at radius 2 is 2.00 bits per heavy atom. The highest BCUT2D eigenvalue weighted by molar-refractivity contribution is 5.95. The van der Waals surface area contributed by atoms with Crippen LogP contribution in [-0.2, 0) is 29.1 Å². The molecule has 0 radical (unpaired) electrons. The summed E-state index contributed by atoms with van der Waals surface area (Å²) in [5.74, 6) is 0.572. The summed E-state index contributed by atoms with van der Waals surface area (Å²) in [5, 5.41) is 9.81. The molecule has 29 heavy (non-hydrogen) atoms. The maximum atomic E-state index is 13.6. The molecule has 3 aromatic rings. The molecule has 1 heterocycles. The Morgan fingerprint density at radius 1 is 1.24 bits per heavy atom. The van der Waals surface area contributed by atoms with Crippen LogP contribution in [0.5, 0.6) is 0 Å². The summed E-state index contributed by atoms with van der Waals surface area (Å²) in [5.41, 5.74) is 4.94. The standard InChI is InChI=1S/C23H29N3O3/c1-5-18-10-8-9-16(2)23(18)26(17(3)15-29-4)22(28)13-25-20-12-7-6-11-19(20)24-21(25)14-27/h6-12,17,27H,5,13-15H2,1-4H3/p+1. The Morgan fingerprint density at radius 3 is 2.69 bits per heavy atom. The second-order valence-electron chi connectivity index (χ2n) is 7.34. The number of aromatic nitrogens is 2. The van der Waals surface area contributed by atoms with E-state index in [1.807, 2.05) is 59.7 Å². The number of methoxy groups -OCH3 is 1. The highest BCUT2D eigenvalue weighted by Gasteiger charge is 2.29. The Bertz CT molecular complexity index is 996. The van der Waals surface area contributed by atoms with Crippen molar-refractivity contribution in [3.63, 3.8) is 0 Å². The van der Waals surface area contributed by atoms with E-state index < -0.39 is 0 Å². The van der Waals surface area contributed by atoms with Crippen LogP contribution in [0.2, 0.25) is 0 Å². The number of hydrogen-bond donors (Lipinski definition) is 2. The van der Waals surface area contributed by atoms with Gasteiger partial charge in [0.15, 0.2) is 17.6 Å². The maximum absolute atomic E-state index is 13.6. The first-order chi connectivity index (χ1) is 14.0. The third-order valence-corrected chi connectivity index (χ3v) is 5.30. The van der Waals surface area contributed by atoms with Gasteiger partial charge in [-0.2, -0.15) is 0 Å². The van der Waals surface area contributed by atoms with Gasteiger partial charge in [-0.1, -0.05) is 37.3 Å². The van der Waals surface area contributed by atoms with E-state index in [1.54, 1.807) is 7.11 Å². The number of aryl methyl sites for hydroxylation is 2. The molecule has 1 atom stereocenters. The molecule has 0 aliphatic carbocycles. The first kappa shape index (κ1) is 21.0. The lowest BCUT2D eigenvalue weighted by atomic mass is 10.0. The molecule has 0 spiro atoms. The lowest BCUT2D eigenvalue weighted by molar-refractivity contribution is -0.667. The quantitative estimate of drug-likeness (QED) is 0.575. The summed E-state index contributed by atoms with van der Waals surface area (Å²) in [7, 11) is 1.65. The number of fused-ring (bicyclic) bond motifs is 1. The second-order valence-corrected chi connectivity index (χ2v) is 7.34. The normalized spacial score (nSPS) is 12.3. The monoisotopic (exact) mass is 396 g/mol. The first-order valence-electron chi connectivity index (χ1n) is 10.0. The molecule has 0 aliphatic heterocycles. The highest BCUT2D eigenvalue weighted by atomic mass is 16.5. The lowest BCUT2D eigenvalue weighted by Gasteiger charge is -2.31. The van der Waals surface area contributed by atoms with Crippen molar-refractivity contribution in [2.45, 2.75) is 46.4 Å². The number of hydrogen-bond acceptors (Lipinski definition) is 3. The van der Waals surface area contributed by atoms with Crippen molar-refractivity contribution < 1.29 is 19.2 Å². The van der Waals surface area contributed by atoms with Crippen molar-refractivity contribution in [2.24, 2.45) is 0 Å². The number of H-pyrrole nitrogens is 1. The van der Waals surface area contributed by atoms with Crippen LogP contribution < -0.4 is 9.47 Å². The number of aliphatic hydroxyl groups is 1. The molecule has 2 N–H and O–H groups in total. The fourth-order valence-corrected chi connectivity index (χ4v) is 3.96. The van der Waals surface area contributed by atoms with Crippen LogP contribution in [-0.4, -0.2) is 35.8 Å². The molecular formula is C23H30N3O3+. The molecule has 6 nitrogen and oxygen atoms in total. The van der Waals surface area contributed by atoms with Gasteiger partial charge in [0.1, 0.15) is 6.61 Å². The molecule has 0 fully saturated rings. The van der Waals surface area contributed by atoms with Gasteiger partial charge in [0.25, 0.3) is 11.7 Å². The number of nitrogens with zero attached hydrogens (tertiary/aromatic N) is 2. The summed E-state index contributed by atoms with van der Waals surface area (Å²) in [6.45, 7) is 6.53. The van der Waals surface area contributed by atoms with Crippen LogP contribution in [0, 0.1) is 6.92 Å². The van der Waals surface area contributed by atoms with Crippen LogP contribution in [0.1, 0.15) is 30.8 Å². The molecule has 0 aliphatic rings. The van der Waals surface area contributed by atoms with Crippen molar-refractivity contribution in [1.29, 1.82) is 0 Å². The van der Waals surface area contributed by atoms with Crippen LogP contribution in [0.15, 0.2) is 42.5 Å². The maximum Gasteiger partial charge on any atom is 0.281 e. The van der Waals surface area contributed by atoms with Gasteiger partial charge in [0.2, 0.25) is 0 Å². The van der Waals surface area contributed by atoms with Gasteiger partial charge in [0, 0.05) is 7.11 Å². The molecule has 0 saturated carbocycles. The molecule has 0 saturated heterocycles. The van der Waals surface area contributed by atoms with Gasteiger partial charge in [0.05, 0.1) is 18.3 Å². The van der Waals surface area contributed by atoms with Crippen molar-refractivity contribution in [3.05, 3.63) is 59.4 Å². The molecule has 3 rings (SSSR count). The van der Waals surface area contributed by atoms with Gasteiger partial charge >= 0.3 is 0 Å². The summed E-state index contributed by atoms with van der Waals surface area (Å²) >= 11 is 0. The summed E-state index contributed by atoms with van der Waals surface area (Å²) in [6.07, 6.45) is 0.836. The van der Waals surface area contributed by atoms with E-state index in [4.69, 9.17) is 4.74 Å². The Labute approximate surface area is 171 Å².